The molecule has 1 aromatic heterocycles. The summed E-state index contributed by atoms with van der Waals surface area (Å²) in [5.74, 6) is 1.46. The van der Waals surface area contributed by atoms with Crippen LogP contribution in [0.25, 0.3) is 0 Å². The highest BCUT2D eigenvalue weighted by Gasteiger charge is 2.23. The second kappa shape index (κ2) is 5.66. The van der Waals surface area contributed by atoms with Crippen LogP contribution in [0, 0.1) is 0 Å². The van der Waals surface area contributed by atoms with Gasteiger partial charge in [-0.25, -0.2) is 4.98 Å². The maximum absolute atomic E-state index is 11.7. The lowest BCUT2D eigenvalue weighted by Gasteiger charge is -2.17. The lowest BCUT2D eigenvalue weighted by Crippen LogP contribution is -2.36. The van der Waals surface area contributed by atoms with Crippen LogP contribution in [-0.2, 0) is 4.79 Å². The van der Waals surface area contributed by atoms with Crippen molar-refractivity contribution in [2.75, 3.05) is 30.4 Å². The van der Waals surface area contributed by atoms with Crippen molar-refractivity contribution in [3.63, 3.8) is 0 Å². The van der Waals surface area contributed by atoms with E-state index in [1.54, 1.807) is 17.3 Å². The lowest BCUT2D eigenvalue weighted by atomic mass is 10.4. The van der Waals surface area contributed by atoms with Crippen molar-refractivity contribution in [1.29, 1.82) is 0 Å². The Balaban J connectivity index is 1.91. The van der Waals surface area contributed by atoms with Crippen molar-refractivity contribution >= 4 is 17.5 Å². The van der Waals surface area contributed by atoms with Crippen LogP contribution >= 0.6 is 0 Å². The molecule has 0 spiro atoms. The monoisotopic (exact) mass is 249 g/mol. The number of hydrogen-bond donors (Lipinski definition) is 2. The molecule has 0 aromatic carbocycles. The number of carbonyl (C=O) groups excluding carboxylic acids is 1. The minimum atomic E-state index is 0.0376. The van der Waals surface area contributed by atoms with Crippen molar-refractivity contribution in [2.24, 2.45) is 0 Å². The number of aromatic nitrogens is 2. The molecule has 98 valence electrons. The van der Waals surface area contributed by atoms with Crippen LogP contribution < -0.4 is 15.5 Å². The number of amides is 1. The number of nitrogens with one attached hydrogen (secondary N) is 2. The molecule has 0 atom stereocenters. The summed E-state index contributed by atoms with van der Waals surface area (Å²) >= 11 is 0. The summed E-state index contributed by atoms with van der Waals surface area (Å²) in [6.45, 7) is 3.10. The van der Waals surface area contributed by atoms with E-state index in [-0.39, 0.29) is 5.91 Å². The third-order valence-electron chi connectivity index (χ3n) is 2.69. The SMILES string of the molecule is CCNc1cncc(N(C)CC(=O)NC2CC2)n1. The maximum atomic E-state index is 11.7. The average Bonchev–Trinajstić information content (AvgIpc) is 3.13. The number of rotatable bonds is 6. The summed E-state index contributed by atoms with van der Waals surface area (Å²) in [6, 6.07) is 0.394. The molecule has 1 aliphatic rings. The van der Waals surface area contributed by atoms with Gasteiger partial charge in [0, 0.05) is 19.6 Å². The third kappa shape index (κ3) is 3.58. The van der Waals surface area contributed by atoms with Gasteiger partial charge in [-0.15, -0.1) is 0 Å². The molecule has 0 aliphatic heterocycles. The van der Waals surface area contributed by atoms with Crippen LogP contribution in [0.3, 0.4) is 0 Å². The molecule has 1 heterocycles. The van der Waals surface area contributed by atoms with Crippen LogP contribution in [0.5, 0.6) is 0 Å². The molecule has 2 rings (SSSR count). The van der Waals surface area contributed by atoms with E-state index >= 15 is 0 Å². The van der Waals surface area contributed by atoms with Gasteiger partial charge < -0.3 is 15.5 Å². The summed E-state index contributed by atoms with van der Waals surface area (Å²) in [4.78, 5) is 22.0. The Morgan fingerprint density at radius 2 is 2.28 bits per heavy atom. The fraction of sp³-hybridized carbons (Fsp3) is 0.583. The van der Waals surface area contributed by atoms with Crippen molar-refractivity contribution in [1.82, 2.24) is 15.3 Å². The first-order chi connectivity index (χ1) is 8.69. The number of likely N-dealkylation sites (N-methyl/N-ethyl adjacent to an activating group) is 1. The standard InChI is InChI=1S/C12H19N5O/c1-3-14-10-6-13-7-11(16-10)17(2)8-12(18)15-9-4-5-9/h6-7,9H,3-5,8H2,1-2H3,(H,14,16)(H,15,18). The molecule has 2 N–H and O–H groups in total. The summed E-state index contributed by atoms with van der Waals surface area (Å²) in [5, 5.41) is 6.05. The quantitative estimate of drug-likeness (QED) is 0.773. The summed E-state index contributed by atoms with van der Waals surface area (Å²) in [5.41, 5.74) is 0. The second-order valence-corrected chi connectivity index (χ2v) is 4.49. The van der Waals surface area contributed by atoms with Crippen molar-refractivity contribution in [3.8, 4) is 0 Å². The smallest absolute Gasteiger partial charge is 0.239 e. The molecule has 1 amide bonds. The molecule has 0 bridgehead atoms. The van der Waals surface area contributed by atoms with Gasteiger partial charge in [-0.05, 0) is 19.8 Å². The maximum Gasteiger partial charge on any atom is 0.239 e. The van der Waals surface area contributed by atoms with Crippen molar-refractivity contribution in [3.05, 3.63) is 12.4 Å². The van der Waals surface area contributed by atoms with E-state index in [0.29, 0.717) is 18.4 Å². The zero-order chi connectivity index (χ0) is 13.0. The number of carbonyl (C=O) groups is 1. The number of hydrogen-bond acceptors (Lipinski definition) is 5. The normalized spacial score (nSPS) is 14.1. The van der Waals surface area contributed by atoms with Gasteiger partial charge in [0.1, 0.15) is 11.6 Å². The Labute approximate surface area is 107 Å². The average molecular weight is 249 g/mol. The van der Waals surface area contributed by atoms with Gasteiger partial charge in [-0.2, -0.15) is 0 Å². The minimum Gasteiger partial charge on any atom is -0.369 e. The molecule has 1 aromatic rings. The predicted octanol–water partition coefficient (Wildman–Crippen LogP) is 0.623. The Hall–Kier alpha value is -1.85. The first-order valence-corrected chi connectivity index (χ1v) is 6.25. The second-order valence-electron chi connectivity index (χ2n) is 4.49. The van der Waals surface area contributed by atoms with Gasteiger partial charge in [-0.3, -0.25) is 9.78 Å². The fourth-order valence-corrected chi connectivity index (χ4v) is 1.60. The van der Waals surface area contributed by atoms with E-state index < -0.39 is 0 Å². The van der Waals surface area contributed by atoms with Crippen molar-refractivity contribution < 1.29 is 4.79 Å². The fourth-order valence-electron chi connectivity index (χ4n) is 1.60. The molecule has 0 radical (unpaired) electrons. The van der Waals surface area contributed by atoms with E-state index in [1.165, 1.54) is 0 Å². The molecule has 0 unspecified atom stereocenters. The molecule has 0 saturated heterocycles. The van der Waals surface area contributed by atoms with Gasteiger partial charge in [0.15, 0.2) is 0 Å². The Bertz CT molecular complexity index is 419. The van der Waals surface area contributed by atoms with Gasteiger partial charge in [0.25, 0.3) is 0 Å². The summed E-state index contributed by atoms with van der Waals surface area (Å²) < 4.78 is 0. The number of anilines is 2. The van der Waals surface area contributed by atoms with E-state index in [4.69, 9.17) is 0 Å². The van der Waals surface area contributed by atoms with Crippen LogP contribution in [0.2, 0.25) is 0 Å². The van der Waals surface area contributed by atoms with Gasteiger partial charge in [0.2, 0.25) is 5.91 Å². The highest BCUT2D eigenvalue weighted by atomic mass is 16.2. The molecular formula is C12H19N5O. The Morgan fingerprint density at radius 3 is 2.94 bits per heavy atom. The zero-order valence-electron chi connectivity index (χ0n) is 10.8. The minimum absolute atomic E-state index is 0.0376. The highest BCUT2D eigenvalue weighted by Crippen LogP contribution is 2.18. The van der Waals surface area contributed by atoms with E-state index in [0.717, 1.165) is 25.2 Å². The van der Waals surface area contributed by atoms with Crippen molar-refractivity contribution in [2.45, 2.75) is 25.8 Å². The van der Waals surface area contributed by atoms with E-state index in [2.05, 4.69) is 20.6 Å². The highest BCUT2D eigenvalue weighted by molar-refractivity contribution is 5.81. The zero-order valence-corrected chi connectivity index (χ0v) is 10.8. The summed E-state index contributed by atoms with van der Waals surface area (Å²) in [6.07, 6.45) is 5.53. The lowest BCUT2D eigenvalue weighted by molar-refractivity contribution is -0.119. The predicted molar refractivity (Wildman–Crippen MR) is 70.6 cm³/mol. The molecule has 18 heavy (non-hydrogen) atoms. The largest absolute Gasteiger partial charge is 0.369 e. The molecule has 1 saturated carbocycles. The third-order valence-corrected chi connectivity index (χ3v) is 2.69. The molecule has 6 nitrogen and oxygen atoms in total. The molecule has 6 heteroatoms. The first-order valence-electron chi connectivity index (χ1n) is 6.25. The van der Waals surface area contributed by atoms with Crippen LogP contribution in [-0.4, -0.2) is 42.1 Å². The molecular weight excluding hydrogens is 230 g/mol. The van der Waals surface area contributed by atoms with Crippen LogP contribution in [0.4, 0.5) is 11.6 Å². The van der Waals surface area contributed by atoms with Crippen LogP contribution in [0.15, 0.2) is 12.4 Å². The van der Waals surface area contributed by atoms with E-state index in [9.17, 15) is 4.79 Å². The Kier molecular flexibility index (Phi) is 3.96. The van der Waals surface area contributed by atoms with E-state index in [1.807, 2.05) is 14.0 Å². The van der Waals surface area contributed by atoms with Gasteiger partial charge in [-0.1, -0.05) is 0 Å². The van der Waals surface area contributed by atoms with Gasteiger partial charge >= 0.3 is 0 Å². The molecule has 1 fully saturated rings. The first kappa shape index (κ1) is 12.6. The molecule has 1 aliphatic carbocycles. The summed E-state index contributed by atoms with van der Waals surface area (Å²) in [7, 11) is 1.84. The van der Waals surface area contributed by atoms with Crippen LogP contribution in [0.1, 0.15) is 19.8 Å². The number of nitrogens with zero attached hydrogens (tertiary/aromatic N) is 3. The van der Waals surface area contributed by atoms with Gasteiger partial charge in [0.05, 0.1) is 18.9 Å². The Morgan fingerprint density at radius 1 is 1.50 bits per heavy atom. The topological polar surface area (TPSA) is 70.2 Å².